The van der Waals surface area contributed by atoms with Crippen LogP contribution in [0.3, 0.4) is 0 Å². The Morgan fingerprint density at radius 1 is 1.21 bits per heavy atom. The number of ether oxygens (including phenoxy) is 1. The van der Waals surface area contributed by atoms with E-state index in [1.165, 1.54) is 12.0 Å². The van der Waals surface area contributed by atoms with Crippen LogP contribution in [-0.2, 0) is 6.42 Å². The fourth-order valence-electron chi connectivity index (χ4n) is 1.01. The van der Waals surface area contributed by atoms with Gasteiger partial charge in [-0.2, -0.15) is 0 Å². The van der Waals surface area contributed by atoms with E-state index in [1.54, 1.807) is 7.11 Å². The smallest absolute Gasteiger partial charge is 0.123 e. The van der Waals surface area contributed by atoms with Crippen LogP contribution < -0.4 is 4.74 Å². The number of rotatable bonds is 2. The normalized spacial score (nSPS) is 8.93. The summed E-state index contributed by atoms with van der Waals surface area (Å²) in [5.74, 6) is 0.875. The van der Waals surface area contributed by atoms with Crippen molar-refractivity contribution in [3.8, 4) is 5.75 Å². The standard InChI is InChI=1S/C9H11ClO.C3H8/c1-3-7-4-5-8(10)6-9(7)11-2;1-3-2/h4-6H,3H2,1-2H3;3H2,1-2H3. The number of halogens is 1. The third-order valence-corrected chi connectivity index (χ3v) is 1.87. The molecule has 0 saturated carbocycles. The third-order valence-electron chi connectivity index (χ3n) is 1.63. The highest BCUT2D eigenvalue weighted by molar-refractivity contribution is 6.30. The summed E-state index contributed by atoms with van der Waals surface area (Å²) in [6, 6.07) is 5.70. The molecular formula is C12H19ClO. The fraction of sp³-hybridized carbons (Fsp3) is 0.500. The quantitative estimate of drug-likeness (QED) is 0.712. The summed E-state index contributed by atoms with van der Waals surface area (Å²) < 4.78 is 5.13. The molecule has 0 aliphatic rings. The second kappa shape index (κ2) is 7.69. The van der Waals surface area contributed by atoms with E-state index in [-0.39, 0.29) is 0 Å². The van der Waals surface area contributed by atoms with Crippen molar-refractivity contribution in [3.63, 3.8) is 0 Å². The van der Waals surface area contributed by atoms with Crippen molar-refractivity contribution in [1.29, 1.82) is 0 Å². The lowest BCUT2D eigenvalue weighted by atomic mass is 10.1. The third kappa shape index (κ3) is 4.52. The topological polar surface area (TPSA) is 9.23 Å². The zero-order chi connectivity index (χ0) is 11.0. The molecule has 1 aromatic rings. The molecule has 0 atom stereocenters. The first-order chi connectivity index (χ1) is 6.69. The van der Waals surface area contributed by atoms with Gasteiger partial charge in [0.2, 0.25) is 0 Å². The molecule has 80 valence electrons. The average Bonchev–Trinajstić information content (AvgIpc) is 2.19. The van der Waals surface area contributed by atoms with Crippen molar-refractivity contribution < 1.29 is 4.74 Å². The molecule has 0 radical (unpaired) electrons. The van der Waals surface area contributed by atoms with E-state index in [4.69, 9.17) is 16.3 Å². The van der Waals surface area contributed by atoms with Crippen LogP contribution in [0.2, 0.25) is 5.02 Å². The minimum absolute atomic E-state index is 0.721. The summed E-state index contributed by atoms with van der Waals surface area (Å²) in [6.45, 7) is 6.34. The molecule has 0 spiro atoms. The van der Waals surface area contributed by atoms with Gasteiger partial charge in [0.05, 0.1) is 7.11 Å². The molecule has 1 aromatic carbocycles. The zero-order valence-electron chi connectivity index (χ0n) is 9.43. The molecule has 14 heavy (non-hydrogen) atoms. The van der Waals surface area contributed by atoms with E-state index >= 15 is 0 Å². The van der Waals surface area contributed by atoms with Gasteiger partial charge in [0.15, 0.2) is 0 Å². The van der Waals surface area contributed by atoms with Gasteiger partial charge in [-0.15, -0.1) is 0 Å². The lowest BCUT2D eigenvalue weighted by Crippen LogP contribution is -1.89. The Balaban J connectivity index is 0.000000500. The van der Waals surface area contributed by atoms with Crippen LogP contribution in [0.5, 0.6) is 5.75 Å². The van der Waals surface area contributed by atoms with Gasteiger partial charge in [-0.3, -0.25) is 0 Å². The summed E-state index contributed by atoms with van der Waals surface area (Å²) in [7, 11) is 1.66. The number of aryl methyl sites for hydroxylation is 1. The van der Waals surface area contributed by atoms with Gasteiger partial charge in [0.1, 0.15) is 5.75 Å². The SMILES string of the molecule is CCC.CCc1ccc(Cl)cc1OC. The molecule has 0 heterocycles. The zero-order valence-corrected chi connectivity index (χ0v) is 10.2. The van der Waals surface area contributed by atoms with Crippen LogP contribution in [0.25, 0.3) is 0 Å². The van der Waals surface area contributed by atoms with E-state index in [9.17, 15) is 0 Å². The second-order valence-electron chi connectivity index (χ2n) is 3.02. The van der Waals surface area contributed by atoms with Crippen molar-refractivity contribution in [2.75, 3.05) is 7.11 Å². The van der Waals surface area contributed by atoms with Crippen molar-refractivity contribution >= 4 is 11.6 Å². The number of hydrogen-bond acceptors (Lipinski definition) is 1. The van der Waals surface area contributed by atoms with Crippen LogP contribution in [0.15, 0.2) is 18.2 Å². The molecule has 0 fully saturated rings. The van der Waals surface area contributed by atoms with E-state index in [0.717, 1.165) is 17.2 Å². The Labute approximate surface area is 92.0 Å². The van der Waals surface area contributed by atoms with Gasteiger partial charge in [0.25, 0.3) is 0 Å². The molecule has 0 bridgehead atoms. The largest absolute Gasteiger partial charge is 0.496 e. The molecule has 0 aromatic heterocycles. The van der Waals surface area contributed by atoms with Gasteiger partial charge in [0, 0.05) is 5.02 Å². The van der Waals surface area contributed by atoms with Gasteiger partial charge in [-0.1, -0.05) is 44.9 Å². The van der Waals surface area contributed by atoms with E-state index in [1.807, 2.05) is 18.2 Å². The van der Waals surface area contributed by atoms with Crippen molar-refractivity contribution in [2.45, 2.75) is 33.6 Å². The number of methoxy groups -OCH3 is 1. The Morgan fingerprint density at radius 2 is 1.79 bits per heavy atom. The minimum Gasteiger partial charge on any atom is -0.496 e. The molecule has 0 aliphatic heterocycles. The first-order valence-electron chi connectivity index (χ1n) is 5.01. The summed E-state index contributed by atoms with van der Waals surface area (Å²) in [6.07, 6.45) is 2.22. The van der Waals surface area contributed by atoms with Crippen LogP contribution in [-0.4, -0.2) is 7.11 Å². The highest BCUT2D eigenvalue weighted by atomic mass is 35.5. The summed E-state index contributed by atoms with van der Waals surface area (Å²) in [4.78, 5) is 0. The van der Waals surface area contributed by atoms with Crippen molar-refractivity contribution in [2.24, 2.45) is 0 Å². The Kier molecular flexibility index (Phi) is 7.31. The van der Waals surface area contributed by atoms with E-state index in [2.05, 4.69) is 20.8 Å². The van der Waals surface area contributed by atoms with Crippen molar-refractivity contribution in [3.05, 3.63) is 28.8 Å². The molecule has 2 heteroatoms. The van der Waals surface area contributed by atoms with Crippen LogP contribution in [0, 0.1) is 0 Å². The second-order valence-corrected chi connectivity index (χ2v) is 3.45. The lowest BCUT2D eigenvalue weighted by Gasteiger charge is -2.05. The molecule has 1 rings (SSSR count). The Morgan fingerprint density at radius 3 is 2.21 bits per heavy atom. The first kappa shape index (κ1) is 13.3. The van der Waals surface area contributed by atoms with E-state index in [0.29, 0.717) is 0 Å². The van der Waals surface area contributed by atoms with Gasteiger partial charge in [-0.25, -0.2) is 0 Å². The maximum atomic E-state index is 5.77. The van der Waals surface area contributed by atoms with Gasteiger partial charge < -0.3 is 4.74 Å². The molecule has 0 unspecified atom stereocenters. The summed E-state index contributed by atoms with van der Waals surface area (Å²) in [5, 5.41) is 0.721. The monoisotopic (exact) mass is 214 g/mol. The Hall–Kier alpha value is -0.690. The molecule has 0 aliphatic carbocycles. The van der Waals surface area contributed by atoms with Crippen LogP contribution in [0.1, 0.15) is 32.8 Å². The lowest BCUT2D eigenvalue weighted by molar-refractivity contribution is 0.410. The van der Waals surface area contributed by atoms with Gasteiger partial charge in [-0.05, 0) is 24.1 Å². The molecule has 1 nitrogen and oxygen atoms in total. The fourth-order valence-corrected chi connectivity index (χ4v) is 1.17. The van der Waals surface area contributed by atoms with E-state index < -0.39 is 0 Å². The van der Waals surface area contributed by atoms with Crippen molar-refractivity contribution in [1.82, 2.24) is 0 Å². The highest BCUT2D eigenvalue weighted by Gasteiger charge is 1.99. The highest BCUT2D eigenvalue weighted by Crippen LogP contribution is 2.22. The average molecular weight is 215 g/mol. The van der Waals surface area contributed by atoms with Crippen LogP contribution in [0.4, 0.5) is 0 Å². The Bertz CT molecular complexity index is 258. The maximum absolute atomic E-state index is 5.77. The number of benzene rings is 1. The molecule has 0 N–H and O–H groups in total. The first-order valence-corrected chi connectivity index (χ1v) is 5.39. The molecular weight excluding hydrogens is 196 g/mol. The minimum atomic E-state index is 0.721. The summed E-state index contributed by atoms with van der Waals surface area (Å²) >= 11 is 5.77. The predicted octanol–water partition coefficient (Wildman–Crippen LogP) is 4.33. The number of hydrogen-bond donors (Lipinski definition) is 0. The summed E-state index contributed by atoms with van der Waals surface area (Å²) in [5.41, 5.74) is 1.19. The molecule has 0 amide bonds. The predicted molar refractivity (Wildman–Crippen MR) is 63.3 cm³/mol. The van der Waals surface area contributed by atoms with Gasteiger partial charge >= 0.3 is 0 Å². The maximum Gasteiger partial charge on any atom is 0.123 e. The molecule has 0 saturated heterocycles. The van der Waals surface area contributed by atoms with Crippen LogP contribution >= 0.6 is 11.6 Å².